The van der Waals surface area contributed by atoms with E-state index in [2.05, 4.69) is 22.4 Å². The summed E-state index contributed by atoms with van der Waals surface area (Å²) in [6, 6.07) is 1.95. The molecule has 5 nitrogen and oxygen atoms in total. The minimum Gasteiger partial charge on any atom is -0.307 e. The topological polar surface area (TPSA) is 47.7 Å². The summed E-state index contributed by atoms with van der Waals surface area (Å²) in [5, 5.41) is 12.7. The van der Waals surface area contributed by atoms with E-state index in [4.69, 9.17) is 11.6 Å². The Hall–Kier alpha value is -1.33. The van der Waals surface area contributed by atoms with E-state index in [0.29, 0.717) is 5.02 Å². The van der Waals surface area contributed by atoms with Gasteiger partial charge < -0.3 is 5.32 Å². The Balaban J connectivity index is 2.41. The van der Waals surface area contributed by atoms with Crippen molar-refractivity contribution in [1.29, 1.82) is 0 Å². The largest absolute Gasteiger partial charge is 0.307 e. The van der Waals surface area contributed by atoms with Gasteiger partial charge in [0.1, 0.15) is 0 Å². The highest BCUT2D eigenvalue weighted by molar-refractivity contribution is 6.31. The minimum absolute atomic E-state index is 0.0345. The lowest BCUT2D eigenvalue weighted by Gasteiger charge is -2.16. The predicted octanol–water partition coefficient (Wildman–Crippen LogP) is 1.99. The summed E-state index contributed by atoms with van der Waals surface area (Å²) >= 11 is 6.25. The number of nitrogens with one attached hydrogen (secondary N) is 1. The van der Waals surface area contributed by atoms with E-state index >= 15 is 0 Å². The van der Waals surface area contributed by atoms with Crippen LogP contribution in [0.15, 0.2) is 18.5 Å². The van der Waals surface area contributed by atoms with Gasteiger partial charge >= 0.3 is 0 Å². The van der Waals surface area contributed by atoms with Crippen LogP contribution < -0.4 is 5.32 Å². The first kappa shape index (κ1) is 13.1. The second kappa shape index (κ2) is 5.54. The smallest absolute Gasteiger partial charge is 0.0953 e. The molecule has 2 heterocycles. The van der Waals surface area contributed by atoms with Gasteiger partial charge in [-0.25, -0.2) is 0 Å². The normalized spacial score (nSPS) is 12.9. The SMILES string of the molecule is CCCn1ncc(Cl)c1C(NC)c1ccn(C)n1. The summed E-state index contributed by atoms with van der Waals surface area (Å²) in [5.41, 5.74) is 1.92. The molecule has 0 amide bonds. The van der Waals surface area contributed by atoms with Crippen LogP contribution in [-0.2, 0) is 13.6 Å². The molecule has 0 aliphatic rings. The van der Waals surface area contributed by atoms with Gasteiger partial charge in [0.05, 0.1) is 28.6 Å². The van der Waals surface area contributed by atoms with Gasteiger partial charge in [-0.1, -0.05) is 18.5 Å². The van der Waals surface area contributed by atoms with E-state index in [9.17, 15) is 0 Å². The van der Waals surface area contributed by atoms with Crippen molar-refractivity contribution in [3.63, 3.8) is 0 Å². The molecule has 0 saturated carbocycles. The van der Waals surface area contributed by atoms with Gasteiger partial charge in [0.2, 0.25) is 0 Å². The van der Waals surface area contributed by atoms with E-state index < -0.39 is 0 Å². The van der Waals surface area contributed by atoms with Crippen molar-refractivity contribution in [2.45, 2.75) is 25.9 Å². The zero-order valence-corrected chi connectivity index (χ0v) is 11.6. The fourth-order valence-corrected chi connectivity index (χ4v) is 2.31. The molecule has 0 fully saturated rings. The van der Waals surface area contributed by atoms with Crippen molar-refractivity contribution in [2.24, 2.45) is 7.05 Å². The monoisotopic (exact) mass is 267 g/mol. The molecule has 2 rings (SSSR count). The lowest BCUT2D eigenvalue weighted by atomic mass is 10.1. The number of rotatable bonds is 5. The Bertz CT molecular complexity index is 516. The molecule has 2 aromatic heterocycles. The molecule has 0 bridgehead atoms. The Morgan fingerprint density at radius 3 is 2.83 bits per heavy atom. The lowest BCUT2D eigenvalue weighted by Crippen LogP contribution is -2.22. The van der Waals surface area contributed by atoms with Gasteiger partial charge in [-0.15, -0.1) is 0 Å². The molecule has 1 atom stereocenters. The van der Waals surface area contributed by atoms with Crippen LogP contribution in [0.5, 0.6) is 0 Å². The highest BCUT2D eigenvalue weighted by atomic mass is 35.5. The first-order valence-electron chi connectivity index (χ1n) is 6.05. The van der Waals surface area contributed by atoms with E-state index in [-0.39, 0.29) is 6.04 Å². The van der Waals surface area contributed by atoms with Crippen LogP contribution in [0, 0.1) is 0 Å². The molecule has 1 unspecified atom stereocenters. The molecule has 0 spiro atoms. The van der Waals surface area contributed by atoms with Crippen molar-refractivity contribution in [3.8, 4) is 0 Å². The Morgan fingerprint density at radius 1 is 1.50 bits per heavy atom. The molecule has 0 saturated heterocycles. The van der Waals surface area contributed by atoms with Gasteiger partial charge in [0.15, 0.2) is 0 Å². The van der Waals surface area contributed by atoms with Crippen molar-refractivity contribution < 1.29 is 0 Å². The number of nitrogens with zero attached hydrogens (tertiary/aromatic N) is 4. The van der Waals surface area contributed by atoms with Crippen LogP contribution >= 0.6 is 11.6 Å². The minimum atomic E-state index is -0.0345. The second-order valence-corrected chi connectivity index (χ2v) is 4.64. The third-order valence-corrected chi connectivity index (χ3v) is 3.15. The van der Waals surface area contributed by atoms with E-state index in [1.54, 1.807) is 10.9 Å². The number of aryl methyl sites for hydroxylation is 2. The standard InChI is InChI=1S/C12H18ClN5/c1-4-6-18-12(9(13)8-15-18)11(14-2)10-5-7-17(3)16-10/h5,7-8,11,14H,4,6H2,1-3H3. The molecule has 0 aliphatic heterocycles. The summed E-state index contributed by atoms with van der Waals surface area (Å²) in [7, 11) is 3.81. The number of aromatic nitrogens is 4. The Morgan fingerprint density at radius 2 is 2.28 bits per heavy atom. The number of hydrogen-bond donors (Lipinski definition) is 1. The van der Waals surface area contributed by atoms with Crippen molar-refractivity contribution in [1.82, 2.24) is 24.9 Å². The third kappa shape index (κ3) is 2.42. The summed E-state index contributed by atoms with van der Waals surface area (Å²) in [5.74, 6) is 0. The average Bonchev–Trinajstić information content (AvgIpc) is 2.91. The molecule has 1 N–H and O–H groups in total. The van der Waals surface area contributed by atoms with Crippen LogP contribution in [0.25, 0.3) is 0 Å². The van der Waals surface area contributed by atoms with Crippen LogP contribution in [0.2, 0.25) is 5.02 Å². The van der Waals surface area contributed by atoms with Gasteiger partial charge in [-0.3, -0.25) is 9.36 Å². The molecule has 18 heavy (non-hydrogen) atoms. The van der Waals surface area contributed by atoms with Gasteiger partial charge in [-0.2, -0.15) is 10.2 Å². The highest BCUT2D eigenvalue weighted by Gasteiger charge is 2.22. The third-order valence-electron chi connectivity index (χ3n) is 2.86. The molecule has 0 aromatic carbocycles. The van der Waals surface area contributed by atoms with Gasteiger partial charge in [-0.05, 0) is 19.5 Å². The van der Waals surface area contributed by atoms with Gasteiger partial charge in [0.25, 0.3) is 0 Å². The molecule has 0 radical (unpaired) electrons. The summed E-state index contributed by atoms with van der Waals surface area (Å²) in [6.45, 7) is 2.97. The maximum atomic E-state index is 6.25. The molecular weight excluding hydrogens is 250 g/mol. The quantitative estimate of drug-likeness (QED) is 0.901. The first-order valence-corrected chi connectivity index (χ1v) is 6.43. The maximum Gasteiger partial charge on any atom is 0.0953 e. The Kier molecular flexibility index (Phi) is 4.04. The molecular formula is C12H18ClN5. The average molecular weight is 268 g/mol. The zero-order valence-electron chi connectivity index (χ0n) is 10.9. The second-order valence-electron chi connectivity index (χ2n) is 4.24. The van der Waals surface area contributed by atoms with E-state index in [1.165, 1.54) is 0 Å². The van der Waals surface area contributed by atoms with E-state index in [1.807, 2.05) is 31.0 Å². The van der Waals surface area contributed by atoms with Crippen LogP contribution in [0.3, 0.4) is 0 Å². The van der Waals surface area contributed by atoms with Crippen LogP contribution in [0.4, 0.5) is 0 Å². The maximum absolute atomic E-state index is 6.25. The van der Waals surface area contributed by atoms with Crippen molar-refractivity contribution >= 4 is 11.6 Å². The van der Waals surface area contributed by atoms with E-state index in [0.717, 1.165) is 24.4 Å². The summed E-state index contributed by atoms with van der Waals surface area (Å²) in [6.07, 6.45) is 4.64. The molecule has 0 aliphatic carbocycles. The van der Waals surface area contributed by atoms with Crippen molar-refractivity contribution in [3.05, 3.63) is 34.9 Å². The number of hydrogen-bond acceptors (Lipinski definition) is 3. The zero-order chi connectivity index (χ0) is 13.1. The lowest BCUT2D eigenvalue weighted by molar-refractivity contribution is 0.526. The molecule has 98 valence electrons. The van der Waals surface area contributed by atoms with Crippen LogP contribution in [-0.4, -0.2) is 26.6 Å². The predicted molar refractivity (Wildman–Crippen MR) is 71.6 cm³/mol. The first-order chi connectivity index (χ1) is 8.67. The molecule has 6 heteroatoms. The fourth-order valence-electron chi connectivity index (χ4n) is 2.06. The summed E-state index contributed by atoms with van der Waals surface area (Å²) < 4.78 is 3.73. The van der Waals surface area contributed by atoms with Crippen molar-refractivity contribution in [2.75, 3.05) is 7.05 Å². The summed E-state index contributed by atoms with van der Waals surface area (Å²) in [4.78, 5) is 0. The Labute approximate surface area is 112 Å². The van der Waals surface area contributed by atoms with Crippen LogP contribution in [0.1, 0.15) is 30.8 Å². The highest BCUT2D eigenvalue weighted by Crippen LogP contribution is 2.27. The molecule has 2 aromatic rings. The number of halogens is 1. The van der Waals surface area contributed by atoms with Gasteiger partial charge in [0, 0.05) is 19.8 Å². The fraction of sp³-hybridized carbons (Fsp3) is 0.500.